The average molecular weight is 489 g/mol. The first kappa shape index (κ1) is 22.0. The Balaban J connectivity index is 1.69. The van der Waals surface area contributed by atoms with E-state index in [9.17, 15) is 26.1 Å². The van der Waals surface area contributed by atoms with E-state index in [1.807, 2.05) is 11.8 Å². The number of azo groups is 1. The van der Waals surface area contributed by atoms with E-state index < -0.39 is 15.6 Å². The van der Waals surface area contributed by atoms with Crippen LogP contribution < -0.4 is 4.90 Å². The van der Waals surface area contributed by atoms with E-state index >= 15 is 0 Å². The number of benzene rings is 2. The van der Waals surface area contributed by atoms with Crippen LogP contribution in [0, 0.1) is 0 Å². The zero-order valence-corrected chi connectivity index (χ0v) is 18.4. The lowest BCUT2D eigenvalue weighted by Gasteiger charge is -2.17. The Hall–Kier alpha value is -2.22. The van der Waals surface area contributed by atoms with Gasteiger partial charge in [-0.1, -0.05) is 11.3 Å². The number of likely N-dealkylation sites (N-methyl/N-ethyl adjacent to an activating group) is 1. The summed E-state index contributed by atoms with van der Waals surface area (Å²) in [7, 11) is -4.55. The third-order valence-electron chi connectivity index (χ3n) is 4.64. The number of hydrogen-bond acceptors (Lipinski definition) is 8. The molecule has 3 aromatic rings. The highest BCUT2D eigenvalue weighted by Gasteiger charge is 2.29. The molecule has 2 heterocycles. The summed E-state index contributed by atoms with van der Waals surface area (Å²) in [6.45, 7) is 3.37. The predicted octanol–water partition coefficient (Wildman–Crippen LogP) is 5.95. The largest absolute Gasteiger partial charge is 0.446 e. The Labute approximate surface area is 183 Å². The Bertz CT molecular complexity index is 1290. The molecule has 0 amide bonds. The van der Waals surface area contributed by atoms with Crippen LogP contribution in [0.25, 0.3) is 10.2 Å². The van der Waals surface area contributed by atoms with Crippen molar-refractivity contribution >= 4 is 59.9 Å². The van der Waals surface area contributed by atoms with Gasteiger partial charge in [-0.2, -0.15) is 21.6 Å². The van der Waals surface area contributed by atoms with Crippen molar-refractivity contribution in [2.24, 2.45) is 10.2 Å². The van der Waals surface area contributed by atoms with Crippen LogP contribution in [0.15, 0.2) is 50.4 Å². The molecule has 0 atom stereocenters. The van der Waals surface area contributed by atoms with Gasteiger partial charge in [0, 0.05) is 23.7 Å². The Kier molecular flexibility index (Phi) is 5.70. The van der Waals surface area contributed by atoms with Crippen molar-refractivity contribution in [3.63, 3.8) is 0 Å². The fraction of sp³-hybridized carbons (Fsp3) is 0.278. The standard InChI is InChI=1S/C18H15F3N4O3S3/c1-2-25-6-5-10-7-13(16(9-14(10)25)31(26,27)28)23-24-17-22-12-4-3-11(8-15(12)29-17)30-18(19,20)21/h3-4,7-9H,2,5-6H2,1H3,(H,26,27,28). The summed E-state index contributed by atoms with van der Waals surface area (Å²) in [4.78, 5) is 5.86. The summed E-state index contributed by atoms with van der Waals surface area (Å²) in [6, 6.07) is 7.09. The first-order valence-electron chi connectivity index (χ1n) is 9.01. The third-order valence-corrected chi connectivity index (χ3v) is 7.14. The molecular weight excluding hydrogens is 473 g/mol. The number of hydrogen-bond donors (Lipinski definition) is 1. The molecule has 0 saturated heterocycles. The molecule has 0 spiro atoms. The molecule has 1 aliphatic heterocycles. The topological polar surface area (TPSA) is 95.2 Å². The molecule has 31 heavy (non-hydrogen) atoms. The van der Waals surface area contributed by atoms with Gasteiger partial charge < -0.3 is 4.90 Å². The highest BCUT2D eigenvalue weighted by molar-refractivity contribution is 8.00. The van der Waals surface area contributed by atoms with Crippen molar-refractivity contribution in [3.05, 3.63) is 35.9 Å². The van der Waals surface area contributed by atoms with Gasteiger partial charge >= 0.3 is 5.51 Å². The maximum absolute atomic E-state index is 12.6. The van der Waals surface area contributed by atoms with Gasteiger partial charge in [0.15, 0.2) is 0 Å². The molecule has 0 saturated carbocycles. The summed E-state index contributed by atoms with van der Waals surface area (Å²) in [5, 5.41) is 8.10. The van der Waals surface area contributed by atoms with Gasteiger partial charge in [-0.05, 0) is 61.0 Å². The Morgan fingerprint density at radius 2 is 2.03 bits per heavy atom. The lowest BCUT2D eigenvalue weighted by Crippen LogP contribution is -2.19. The molecule has 13 heteroatoms. The molecule has 1 aromatic heterocycles. The van der Waals surface area contributed by atoms with Crippen LogP contribution in [0.3, 0.4) is 0 Å². The van der Waals surface area contributed by atoms with Crippen molar-refractivity contribution in [2.75, 3.05) is 18.0 Å². The second-order valence-corrected chi connectivity index (χ2v) is 10.2. The molecule has 1 aliphatic rings. The monoisotopic (exact) mass is 488 g/mol. The number of aromatic nitrogens is 1. The molecule has 0 fully saturated rings. The minimum absolute atomic E-state index is 0.0215. The van der Waals surface area contributed by atoms with Gasteiger partial charge in [0.25, 0.3) is 10.1 Å². The number of alkyl halides is 3. The molecule has 4 rings (SSSR count). The number of fused-ring (bicyclic) bond motifs is 2. The van der Waals surface area contributed by atoms with Gasteiger partial charge in [-0.15, -0.1) is 10.2 Å². The number of rotatable bonds is 5. The number of thiazole rings is 1. The zero-order chi connectivity index (χ0) is 22.4. The van der Waals surface area contributed by atoms with Gasteiger partial charge in [0.1, 0.15) is 10.6 Å². The summed E-state index contributed by atoms with van der Waals surface area (Å²) >= 11 is 0.807. The quantitative estimate of drug-likeness (QED) is 0.271. The number of halogens is 3. The first-order chi connectivity index (χ1) is 14.5. The smallest absolute Gasteiger partial charge is 0.371 e. The molecule has 164 valence electrons. The summed E-state index contributed by atoms with van der Waals surface area (Å²) in [6.07, 6.45) is 0.707. The van der Waals surface area contributed by atoms with Gasteiger partial charge in [-0.25, -0.2) is 4.98 Å². The molecule has 0 unspecified atom stereocenters. The van der Waals surface area contributed by atoms with E-state index in [-0.39, 0.29) is 32.4 Å². The van der Waals surface area contributed by atoms with Gasteiger partial charge in [0.05, 0.1) is 10.2 Å². The van der Waals surface area contributed by atoms with Crippen LogP contribution in [0.5, 0.6) is 0 Å². The summed E-state index contributed by atoms with van der Waals surface area (Å²) in [5.41, 5.74) is -2.35. The van der Waals surface area contributed by atoms with Gasteiger partial charge in [0.2, 0.25) is 5.13 Å². The predicted molar refractivity (Wildman–Crippen MR) is 114 cm³/mol. The highest BCUT2D eigenvalue weighted by atomic mass is 32.2. The van der Waals surface area contributed by atoms with E-state index in [0.717, 1.165) is 29.1 Å². The summed E-state index contributed by atoms with van der Waals surface area (Å²) < 4.78 is 71.6. The fourth-order valence-corrected chi connectivity index (χ4v) is 5.42. The molecule has 0 aliphatic carbocycles. The lowest BCUT2D eigenvalue weighted by atomic mass is 10.1. The molecule has 7 nitrogen and oxygen atoms in total. The van der Waals surface area contributed by atoms with E-state index in [4.69, 9.17) is 0 Å². The van der Waals surface area contributed by atoms with Crippen molar-refractivity contribution in [3.8, 4) is 0 Å². The van der Waals surface area contributed by atoms with Crippen LogP contribution in [0.4, 0.5) is 29.7 Å². The first-order valence-corrected chi connectivity index (χ1v) is 12.1. The number of nitrogens with zero attached hydrogens (tertiary/aromatic N) is 4. The second kappa shape index (κ2) is 8.04. The fourth-order valence-electron chi connectivity index (χ4n) is 3.31. The normalized spacial score (nSPS) is 14.7. The van der Waals surface area contributed by atoms with E-state index in [1.54, 1.807) is 6.07 Å². The van der Waals surface area contributed by atoms with Crippen LogP contribution in [0.1, 0.15) is 12.5 Å². The van der Waals surface area contributed by atoms with E-state index in [1.165, 1.54) is 24.3 Å². The van der Waals surface area contributed by atoms with Crippen LogP contribution in [-0.4, -0.2) is 36.6 Å². The van der Waals surface area contributed by atoms with Crippen LogP contribution in [-0.2, 0) is 16.5 Å². The van der Waals surface area contributed by atoms with E-state index in [0.29, 0.717) is 23.2 Å². The third kappa shape index (κ3) is 4.84. The maximum Gasteiger partial charge on any atom is 0.446 e. The minimum Gasteiger partial charge on any atom is -0.371 e. The molecule has 2 aromatic carbocycles. The Morgan fingerprint density at radius 3 is 2.71 bits per heavy atom. The van der Waals surface area contributed by atoms with Crippen molar-refractivity contribution in [1.82, 2.24) is 4.98 Å². The summed E-state index contributed by atoms with van der Waals surface area (Å²) in [5.74, 6) is 0. The SMILES string of the molecule is CCN1CCc2cc(N=Nc3nc4ccc(SC(F)(F)F)cc4s3)c(S(=O)(=O)O)cc21. The number of thioether (sulfide) groups is 1. The zero-order valence-electron chi connectivity index (χ0n) is 15.9. The minimum atomic E-state index is -4.55. The van der Waals surface area contributed by atoms with E-state index in [2.05, 4.69) is 15.2 Å². The molecule has 0 bridgehead atoms. The second-order valence-electron chi connectivity index (χ2n) is 6.63. The maximum atomic E-state index is 12.6. The van der Waals surface area contributed by atoms with Crippen molar-refractivity contribution in [2.45, 2.75) is 28.6 Å². The average Bonchev–Trinajstić information content (AvgIpc) is 3.25. The van der Waals surface area contributed by atoms with Crippen LogP contribution in [0.2, 0.25) is 0 Å². The van der Waals surface area contributed by atoms with Gasteiger partial charge in [-0.3, -0.25) is 4.55 Å². The van der Waals surface area contributed by atoms with Crippen LogP contribution >= 0.6 is 23.1 Å². The molecule has 1 N–H and O–H groups in total. The Morgan fingerprint density at radius 1 is 1.26 bits per heavy atom. The highest BCUT2D eigenvalue weighted by Crippen LogP contribution is 2.40. The number of anilines is 1. The van der Waals surface area contributed by atoms with Crippen molar-refractivity contribution < 1.29 is 26.1 Å². The lowest BCUT2D eigenvalue weighted by molar-refractivity contribution is -0.0328. The molecular formula is C18H15F3N4O3S3. The van der Waals surface area contributed by atoms with Crippen molar-refractivity contribution in [1.29, 1.82) is 0 Å². The molecule has 0 radical (unpaired) electrons.